The molecule has 0 atom stereocenters. The van der Waals surface area contributed by atoms with E-state index < -0.39 is 0 Å². The second-order valence-corrected chi connectivity index (χ2v) is 12.2. The minimum Gasteiger partial charge on any atom is -0.311 e. The highest BCUT2D eigenvalue weighted by molar-refractivity contribution is 6.35. The number of hydrogen-bond donors (Lipinski definition) is 0. The molecule has 2 heterocycles. The van der Waals surface area contributed by atoms with Gasteiger partial charge in [-0.2, -0.15) is 0 Å². The Morgan fingerprint density at radius 1 is 0.333 bits per heavy atom. The number of benzene rings is 7. The van der Waals surface area contributed by atoms with E-state index in [9.17, 15) is 0 Å². The summed E-state index contributed by atoms with van der Waals surface area (Å²) in [6.07, 6.45) is 0. The number of hydrogen-bond acceptors (Lipinski definition) is 0. The Morgan fingerprint density at radius 3 is 1.51 bits per heavy atom. The Labute approximate surface area is 269 Å². The van der Waals surface area contributed by atoms with Crippen molar-refractivity contribution in [1.29, 1.82) is 0 Å². The first kappa shape index (κ1) is 26.1. The highest BCUT2D eigenvalue weighted by atomic mass is 27.0. The van der Waals surface area contributed by atoms with Crippen LogP contribution in [-0.2, 0) is 0 Å². The van der Waals surface area contributed by atoms with Crippen molar-refractivity contribution in [2.24, 2.45) is 0 Å². The fourth-order valence-corrected chi connectivity index (χ4v) is 7.38. The molecule has 0 aliphatic rings. The second kappa shape index (κ2) is 10.4. The third-order valence-electron chi connectivity index (χ3n) is 9.09. The zero-order valence-electron chi connectivity index (χ0n) is 24.6. The lowest BCUT2D eigenvalue weighted by atomic mass is 9.99. The molecule has 9 rings (SSSR count). The third kappa shape index (κ3) is 4.10. The van der Waals surface area contributed by atoms with Crippen LogP contribution in [-0.4, -0.2) is 25.4 Å². The molecule has 2 aromatic heterocycles. The third-order valence-corrected chi connectivity index (χ3v) is 9.57. The summed E-state index contributed by atoms with van der Waals surface area (Å²) < 4.78 is 6.00. The van der Waals surface area contributed by atoms with Gasteiger partial charge in [0.2, 0.25) is 0 Å². The number of para-hydroxylation sites is 4. The van der Waals surface area contributed by atoms with Gasteiger partial charge in [0.1, 0.15) is 0 Å². The van der Waals surface area contributed by atoms with Crippen LogP contribution in [0.1, 0.15) is 0 Å². The molecule has 0 fully saturated rings. The van der Waals surface area contributed by atoms with Gasteiger partial charge in [-0.25, -0.2) is 0 Å². The molecule has 2 radical (unpaired) electrons. The lowest BCUT2D eigenvalue weighted by Gasteiger charge is -2.15. The Kier molecular flexibility index (Phi) is 6.03. The summed E-state index contributed by atoms with van der Waals surface area (Å²) in [4.78, 5) is 0. The molecule has 2 nitrogen and oxygen atoms in total. The normalized spacial score (nSPS) is 11.6. The van der Waals surface area contributed by atoms with Crippen molar-refractivity contribution in [3.05, 3.63) is 164 Å². The van der Waals surface area contributed by atoms with Crippen molar-refractivity contribution in [3.8, 4) is 33.6 Å². The summed E-state index contributed by atoms with van der Waals surface area (Å²) in [5.41, 5.74) is 12.0. The van der Waals surface area contributed by atoms with Crippen LogP contribution in [0.4, 0.5) is 0 Å². The van der Waals surface area contributed by atoms with E-state index in [-0.39, 0.29) is 0 Å². The molecule has 0 amide bonds. The molecular weight excluding hydrogens is 559 g/mol. The van der Waals surface area contributed by atoms with Crippen LogP contribution in [0.15, 0.2) is 164 Å². The Morgan fingerprint density at radius 2 is 0.822 bits per heavy atom. The Hall–Kier alpha value is -5.33. The molecule has 0 bridgehead atoms. The lowest BCUT2D eigenvalue weighted by Crippen LogP contribution is -2.11. The van der Waals surface area contributed by atoms with Gasteiger partial charge >= 0.3 is 0 Å². The van der Waals surface area contributed by atoms with Gasteiger partial charge in [0.15, 0.2) is 16.3 Å². The molecule has 0 saturated carbocycles. The predicted molar refractivity (Wildman–Crippen MR) is 191 cm³/mol. The van der Waals surface area contributed by atoms with Crippen molar-refractivity contribution < 1.29 is 0 Å². The Bertz CT molecular complexity index is 2500. The lowest BCUT2D eigenvalue weighted by molar-refractivity contribution is 1.18. The van der Waals surface area contributed by atoms with Crippen LogP contribution in [0, 0.1) is 0 Å². The maximum Gasteiger partial charge on any atom is 0.179 e. The maximum atomic E-state index is 2.93. The van der Waals surface area contributed by atoms with Gasteiger partial charge in [-0.15, -0.1) is 4.43 Å². The molecule has 208 valence electrons. The van der Waals surface area contributed by atoms with Gasteiger partial charge in [0.05, 0.1) is 27.8 Å². The molecular formula is C42H27AlN2. The van der Waals surface area contributed by atoms with Crippen LogP contribution < -0.4 is 4.43 Å². The van der Waals surface area contributed by atoms with Gasteiger partial charge in [0, 0.05) is 32.8 Å². The number of fused-ring (bicyclic) bond motifs is 6. The first-order valence-corrected chi connectivity index (χ1v) is 15.9. The average molecular weight is 587 g/mol. The number of nitrogens with zero attached hydrogens (tertiary/aromatic N) is 2. The molecule has 9 aromatic rings. The van der Waals surface area contributed by atoms with Gasteiger partial charge < -0.3 is 9.13 Å². The van der Waals surface area contributed by atoms with Gasteiger partial charge in [-0.3, -0.25) is 0 Å². The zero-order chi connectivity index (χ0) is 29.9. The summed E-state index contributed by atoms with van der Waals surface area (Å²) in [6.45, 7) is 0. The smallest absolute Gasteiger partial charge is 0.179 e. The molecule has 45 heavy (non-hydrogen) atoms. The summed E-state index contributed by atoms with van der Waals surface area (Å²) in [5, 5.41) is 5.03. The summed E-state index contributed by atoms with van der Waals surface area (Å²) in [7, 11) is 0. The summed E-state index contributed by atoms with van der Waals surface area (Å²) >= 11 is 2.93. The molecule has 0 aliphatic heterocycles. The maximum absolute atomic E-state index is 2.93. The fraction of sp³-hybridized carbons (Fsp3) is 0. The van der Waals surface area contributed by atoms with E-state index in [1.807, 2.05) is 0 Å². The van der Waals surface area contributed by atoms with Gasteiger partial charge in [0.25, 0.3) is 0 Å². The zero-order valence-corrected chi connectivity index (χ0v) is 25.7. The number of aromatic nitrogens is 2. The number of rotatable bonds is 4. The van der Waals surface area contributed by atoms with Crippen molar-refractivity contribution in [2.75, 3.05) is 0 Å². The molecule has 0 spiro atoms. The quantitative estimate of drug-likeness (QED) is 0.182. The molecule has 0 aliphatic carbocycles. The largest absolute Gasteiger partial charge is 0.311 e. The summed E-state index contributed by atoms with van der Waals surface area (Å²) in [6, 6.07) is 59.4. The second-order valence-electron chi connectivity index (χ2n) is 11.6. The van der Waals surface area contributed by atoms with E-state index in [2.05, 4.69) is 189 Å². The highest BCUT2D eigenvalue weighted by Crippen LogP contribution is 2.40. The first-order chi connectivity index (χ1) is 22.3. The predicted octanol–water partition coefficient (Wildman–Crippen LogP) is 10.0. The van der Waals surface area contributed by atoms with Gasteiger partial charge in [-0.1, -0.05) is 115 Å². The van der Waals surface area contributed by atoms with E-state index in [4.69, 9.17) is 0 Å². The average Bonchev–Trinajstić information content (AvgIpc) is 3.61. The van der Waals surface area contributed by atoms with E-state index in [0.717, 1.165) is 0 Å². The Balaban J connectivity index is 1.33. The van der Waals surface area contributed by atoms with E-state index in [1.165, 1.54) is 81.7 Å². The van der Waals surface area contributed by atoms with Crippen molar-refractivity contribution in [2.45, 2.75) is 0 Å². The molecule has 3 heteroatoms. The minimum atomic E-state index is 1.17. The first-order valence-electron chi connectivity index (χ1n) is 15.3. The monoisotopic (exact) mass is 586 g/mol. The topological polar surface area (TPSA) is 9.86 Å². The standard InChI is InChI=1S/C42H27N2.Al/c1-3-13-29(14-4-1)30-23-25-41-36(27-30)37-28-31(24-26-42(37)43(41)32-15-5-2-6-16-32)33-17-7-10-20-38(33)44-39-21-11-8-18-34(39)35-19-9-12-22-40(35)44;/h1-15,17-28H;. The summed E-state index contributed by atoms with van der Waals surface area (Å²) in [5.74, 6) is 0. The van der Waals surface area contributed by atoms with Crippen LogP contribution in [0.2, 0.25) is 0 Å². The molecule has 0 saturated heterocycles. The van der Waals surface area contributed by atoms with Crippen LogP contribution in [0.3, 0.4) is 0 Å². The van der Waals surface area contributed by atoms with Crippen LogP contribution in [0.5, 0.6) is 0 Å². The van der Waals surface area contributed by atoms with E-state index in [1.54, 1.807) is 0 Å². The van der Waals surface area contributed by atoms with Crippen molar-refractivity contribution >= 4 is 64.3 Å². The van der Waals surface area contributed by atoms with Crippen molar-refractivity contribution in [1.82, 2.24) is 9.13 Å². The SMILES string of the molecule is [Al][c]1ccccc1-n1c2ccc(-c3ccccc3)cc2c2cc(-c3ccccc3-n3c4ccccc4c4ccccc43)ccc21. The molecule has 7 aromatic carbocycles. The minimum absolute atomic E-state index is 1.17. The molecule has 0 unspecified atom stereocenters. The van der Waals surface area contributed by atoms with E-state index >= 15 is 0 Å². The van der Waals surface area contributed by atoms with Crippen molar-refractivity contribution in [3.63, 3.8) is 0 Å². The van der Waals surface area contributed by atoms with Crippen LogP contribution in [0.25, 0.3) is 77.2 Å². The fourth-order valence-electron chi connectivity index (χ4n) is 7.05. The van der Waals surface area contributed by atoms with E-state index in [0.29, 0.717) is 0 Å². The van der Waals surface area contributed by atoms with Crippen LogP contribution >= 0.6 is 0 Å². The molecule has 0 N–H and O–H groups in total. The highest BCUT2D eigenvalue weighted by Gasteiger charge is 2.18. The van der Waals surface area contributed by atoms with Gasteiger partial charge in [-0.05, 0) is 65.2 Å².